The van der Waals surface area contributed by atoms with Gasteiger partial charge in [0, 0.05) is 5.75 Å². The van der Waals surface area contributed by atoms with E-state index in [1.807, 2.05) is 78.0 Å². The molecular weight excluding hydrogens is 601 g/mol. The van der Waals surface area contributed by atoms with Crippen LogP contribution in [0.2, 0.25) is 0 Å². The first-order chi connectivity index (χ1) is 17.3. The molecule has 0 aliphatic carbocycles. The first-order valence-electron chi connectivity index (χ1n) is 12.3. The molecule has 0 spiro atoms. The quantitative estimate of drug-likeness (QED) is 0.182. The molecule has 0 bridgehead atoms. The number of nitrogens with one attached hydrogen (secondary N) is 1. The summed E-state index contributed by atoms with van der Waals surface area (Å²) in [5.41, 5.74) is 13.6. The molecule has 38 heavy (non-hydrogen) atoms. The van der Waals surface area contributed by atoms with Gasteiger partial charge in [-0.2, -0.15) is 0 Å². The predicted octanol–water partition coefficient (Wildman–Crippen LogP) is 9.20. The van der Waals surface area contributed by atoms with E-state index in [9.17, 15) is 8.42 Å². The summed E-state index contributed by atoms with van der Waals surface area (Å²) in [5, 5.41) is 0. The van der Waals surface area contributed by atoms with Crippen LogP contribution >= 0.6 is 9.69 Å². The summed E-state index contributed by atoms with van der Waals surface area (Å²) in [6.45, 7) is 13.0. The van der Waals surface area contributed by atoms with Gasteiger partial charge in [-0.1, -0.05) is 132 Å². The van der Waals surface area contributed by atoms with Crippen molar-refractivity contribution >= 4 is 19.7 Å². The third-order valence-corrected chi connectivity index (χ3v) is 7.53. The second-order valence-corrected chi connectivity index (χ2v) is 13.1. The van der Waals surface area contributed by atoms with Gasteiger partial charge in [0.1, 0.15) is 0 Å². The summed E-state index contributed by atoms with van der Waals surface area (Å²) in [7, 11) is 0.797. The summed E-state index contributed by atoms with van der Waals surface area (Å²) in [5.74, 6) is -0.0883. The van der Waals surface area contributed by atoms with Crippen molar-refractivity contribution in [3.8, 4) is 0 Å². The Balaban J connectivity index is 0.00000235. The Kier molecular flexibility index (Phi) is 13.4. The Hall–Kier alpha value is -1.56. The van der Waals surface area contributed by atoms with Crippen LogP contribution < -0.4 is 0 Å². The molecule has 0 saturated heterocycles. The number of aryl methyl sites for hydroxylation is 1. The third-order valence-electron chi connectivity index (χ3n) is 6.26. The maximum atomic E-state index is 13.2. The molecule has 7 heteroatoms. The molecular formula is C31H41ClN2O2RuS. The minimum atomic E-state index is -3.77. The molecule has 0 heterocycles. The average Bonchev–Trinajstić information content (AvgIpc) is 2.87. The summed E-state index contributed by atoms with van der Waals surface area (Å²) in [4.78, 5) is 0. The Morgan fingerprint density at radius 3 is 1.63 bits per heavy atom. The van der Waals surface area contributed by atoms with E-state index in [1.165, 1.54) is 11.1 Å². The summed E-state index contributed by atoms with van der Waals surface area (Å²) < 4.78 is 30.8. The Labute approximate surface area is 245 Å². The van der Waals surface area contributed by atoms with Crippen LogP contribution in [0.5, 0.6) is 0 Å². The Morgan fingerprint density at radius 1 is 0.789 bits per heavy atom. The van der Waals surface area contributed by atoms with E-state index in [2.05, 4.69) is 74.2 Å². The molecule has 0 aromatic heterocycles. The molecule has 0 amide bonds. The summed E-state index contributed by atoms with van der Waals surface area (Å²) >= 11 is 1.82. The van der Waals surface area contributed by atoms with Gasteiger partial charge in [0.15, 0.2) is 0 Å². The number of rotatable bonds is 8. The fourth-order valence-corrected chi connectivity index (χ4v) is 5.17. The summed E-state index contributed by atoms with van der Waals surface area (Å²) in [6.07, 6.45) is 0.383. The number of halogens is 1. The molecule has 0 radical (unpaired) electrons. The van der Waals surface area contributed by atoms with Crippen molar-refractivity contribution < 1.29 is 25.7 Å². The number of sulfonamides is 1. The van der Waals surface area contributed by atoms with E-state index in [1.54, 1.807) is 0 Å². The Morgan fingerprint density at radius 2 is 1.21 bits per heavy atom. The van der Waals surface area contributed by atoms with Gasteiger partial charge >= 0.3 is 27.0 Å². The monoisotopic (exact) mass is 642 g/mol. The zero-order valence-corrected chi connectivity index (χ0v) is 26.8. The molecule has 1 N–H and O–H groups in total. The molecule has 0 saturated carbocycles. The molecule has 0 aliphatic heterocycles. The van der Waals surface area contributed by atoms with Crippen molar-refractivity contribution in [1.82, 2.24) is 0 Å². The predicted molar refractivity (Wildman–Crippen MR) is 160 cm³/mol. The van der Waals surface area contributed by atoms with Crippen molar-refractivity contribution in [2.45, 2.75) is 70.9 Å². The molecule has 3 rings (SSSR count). The zero-order chi connectivity index (χ0) is 27.9. The van der Waals surface area contributed by atoms with Crippen molar-refractivity contribution in [1.29, 1.82) is 0 Å². The number of hydrogen-bond acceptors (Lipinski definition) is 2. The van der Waals surface area contributed by atoms with Crippen LogP contribution in [0.4, 0.5) is 0 Å². The Bertz CT molecular complexity index is 1190. The van der Waals surface area contributed by atoms with Crippen LogP contribution in [0.15, 0.2) is 78.9 Å². The van der Waals surface area contributed by atoms with Crippen LogP contribution in [0.25, 0.3) is 10.5 Å². The van der Waals surface area contributed by atoms with Gasteiger partial charge in [-0.3, -0.25) is 0 Å². The number of hydrogen-bond donors (Lipinski definition) is 0. The van der Waals surface area contributed by atoms with E-state index in [0.717, 1.165) is 16.7 Å². The normalized spacial score (nSPS) is 13.5. The van der Waals surface area contributed by atoms with Gasteiger partial charge in [0.2, 0.25) is 0 Å². The molecule has 0 aliphatic rings. The minimum absolute atomic E-state index is 0. The van der Waals surface area contributed by atoms with E-state index in [-0.39, 0.29) is 24.0 Å². The van der Waals surface area contributed by atoms with Gasteiger partial charge in [-0.25, -0.2) is 8.42 Å². The molecule has 3 aromatic rings. The van der Waals surface area contributed by atoms with E-state index < -0.39 is 22.1 Å². The number of benzene rings is 3. The fraction of sp³-hybridized carbons (Fsp3) is 0.387. The van der Waals surface area contributed by atoms with Crippen molar-refractivity contribution in [3.63, 3.8) is 0 Å². The first-order valence-corrected chi connectivity index (χ1v) is 16.1. The topological polar surface area (TPSA) is 72.0 Å². The maximum absolute atomic E-state index is 13.2. The SMILES string of the molecule is CC(C)(C)c1cc(CCS(=O)(=O)[N-]C(c2ccccc2)C([NH-])c2ccccc2)cc(C(C)(C)C)c1.[CH3-].[Cl][Ru+3]. The molecule has 4 nitrogen and oxygen atoms in total. The number of nitrogens with zero attached hydrogens (tertiary/aromatic N) is 1. The third kappa shape index (κ3) is 10.2. The van der Waals surface area contributed by atoms with Gasteiger partial charge in [-0.05, 0) is 33.9 Å². The van der Waals surface area contributed by atoms with E-state index in [4.69, 9.17) is 5.73 Å². The van der Waals surface area contributed by atoms with Crippen LogP contribution in [-0.4, -0.2) is 14.2 Å². The van der Waals surface area contributed by atoms with Gasteiger partial charge < -0.3 is 17.9 Å². The van der Waals surface area contributed by atoms with Crippen LogP contribution in [-0.2, 0) is 44.6 Å². The second kappa shape index (κ2) is 14.7. The first kappa shape index (κ1) is 34.5. The molecule has 2 unspecified atom stereocenters. The van der Waals surface area contributed by atoms with Crippen LogP contribution in [0.1, 0.15) is 81.4 Å². The van der Waals surface area contributed by atoms with Crippen molar-refractivity contribution in [2.24, 2.45) is 0 Å². The molecule has 3 aromatic carbocycles. The van der Waals surface area contributed by atoms with Gasteiger partial charge in [-0.15, -0.1) is 12.1 Å². The molecule has 0 fully saturated rings. The summed E-state index contributed by atoms with van der Waals surface area (Å²) in [6, 6.07) is 23.5. The van der Waals surface area contributed by atoms with E-state index >= 15 is 0 Å². The van der Waals surface area contributed by atoms with E-state index in [0.29, 0.717) is 6.42 Å². The second-order valence-electron chi connectivity index (χ2n) is 11.3. The van der Waals surface area contributed by atoms with Gasteiger partial charge in [0.05, 0.1) is 10.0 Å². The molecule has 208 valence electrons. The zero-order valence-electron chi connectivity index (χ0n) is 23.5. The van der Waals surface area contributed by atoms with Crippen LogP contribution in [0, 0.1) is 7.43 Å². The van der Waals surface area contributed by atoms with Crippen molar-refractivity contribution in [2.75, 3.05) is 5.75 Å². The van der Waals surface area contributed by atoms with Crippen molar-refractivity contribution in [3.05, 3.63) is 125 Å². The average molecular weight is 642 g/mol. The van der Waals surface area contributed by atoms with Gasteiger partial charge in [0.25, 0.3) is 0 Å². The molecule has 2 atom stereocenters. The fourth-order valence-electron chi connectivity index (χ4n) is 3.98. The van der Waals surface area contributed by atoms with Crippen LogP contribution in [0.3, 0.4) is 0 Å². The standard InChI is InChI=1S/C30H38N2O2S.CH3.ClH.Ru/c1-29(2,3)25-19-22(20-26(21-25)30(4,5)6)17-18-35(33,34)32-28(24-15-11-8-12-16-24)27(31)23-13-9-7-10-14-23;;;/h7-16,19-21,27-28,31H,17-18H2,1-6H3;1H3;1H;/q-2;-1;;+4/p-1.